The lowest BCUT2D eigenvalue weighted by molar-refractivity contribution is 0.0689. The molecule has 2 rings (SSSR count). The molecule has 2 heterocycles. The number of aromatic nitrogens is 4. The molecule has 0 spiro atoms. The first-order valence-electron chi connectivity index (χ1n) is 4.26. The molecule has 2 aromatic rings. The van der Waals surface area contributed by atoms with Crippen molar-refractivity contribution in [3.63, 3.8) is 0 Å². The smallest absolute Gasteiger partial charge is 0.356 e. The molecule has 7 heteroatoms. The van der Waals surface area contributed by atoms with Crippen molar-refractivity contribution in [2.24, 2.45) is 0 Å². The van der Waals surface area contributed by atoms with E-state index in [1.165, 1.54) is 24.2 Å². The monoisotopic (exact) mass is 234 g/mol. The van der Waals surface area contributed by atoms with Crippen LogP contribution < -0.4 is 0 Å². The number of rotatable bonds is 3. The van der Waals surface area contributed by atoms with Crippen LogP contribution in [0.4, 0.5) is 0 Å². The average Bonchev–Trinajstić information content (AvgIpc) is 2.31. The summed E-state index contributed by atoms with van der Waals surface area (Å²) >= 11 is 1.29. The van der Waals surface area contributed by atoms with E-state index >= 15 is 0 Å². The van der Waals surface area contributed by atoms with Crippen LogP contribution in [0, 0.1) is 0 Å². The molecule has 0 radical (unpaired) electrons. The molecular weight excluding hydrogens is 228 g/mol. The number of aromatic carboxylic acids is 1. The van der Waals surface area contributed by atoms with Crippen molar-refractivity contribution >= 4 is 17.7 Å². The summed E-state index contributed by atoms with van der Waals surface area (Å²) in [6.07, 6.45) is 3.05. The van der Waals surface area contributed by atoms with Gasteiger partial charge in [0.15, 0.2) is 5.69 Å². The van der Waals surface area contributed by atoms with Gasteiger partial charge in [-0.25, -0.2) is 14.8 Å². The Labute approximate surface area is 94.8 Å². The highest BCUT2D eigenvalue weighted by molar-refractivity contribution is 7.99. The zero-order valence-corrected chi connectivity index (χ0v) is 8.76. The number of hydrogen-bond acceptors (Lipinski definition) is 6. The summed E-state index contributed by atoms with van der Waals surface area (Å²) in [7, 11) is 0. The molecule has 1 N–H and O–H groups in total. The van der Waals surface area contributed by atoms with Crippen molar-refractivity contribution in [1.82, 2.24) is 20.2 Å². The first kappa shape index (κ1) is 10.5. The third-order valence-electron chi connectivity index (χ3n) is 1.62. The van der Waals surface area contributed by atoms with Gasteiger partial charge in [-0.05, 0) is 30.0 Å². The molecule has 0 aliphatic carbocycles. The topological polar surface area (TPSA) is 88.9 Å². The highest BCUT2D eigenvalue weighted by atomic mass is 32.2. The van der Waals surface area contributed by atoms with E-state index in [1.807, 2.05) is 0 Å². The standard InChI is InChI=1S/C9H6N4O2S/c14-9(15)6-1-2-8(13-12-6)16-7-3-4-10-5-11-7/h1-5H,(H,14,15). The Bertz CT molecular complexity index is 489. The summed E-state index contributed by atoms with van der Waals surface area (Å²) in [4.78, 5) is 18.3. The molecule has 0 bridgehead atoms. The molecule has 2 aromatic heterocycles. The molecule has 6 nitrogen and oxygen atoms in total. The van der Waals surface area contributed by atoms with E-state index in [9.17, 15) is 4.79 Å². The van der Waals surface area contributed by atoms with Crippen LogP contribution in [0.1, 0.15) is 10.5 Å². The lowest BCUT2D eigenvalue weighted by atomic mass is 10.4. The predicted molar refractivity (Wildman–Crippen MR) is 55.1 cm³/mol. The summed E-state index contributed by atoms with van der Waals surface area (Å²) in [5.74, 6) is -1.09. The maximum atomic E-state index is 10.5. The van der Waals surface area contributed by atoms with Gasteiger partial charge in [0.2, 0.25) is 0 Å². The van der Waals surface area contributed by atoms with Crippen molar-refractivity contribution in [1.29, 1.82) is 0 Å². The number of carboxylic acids is 1. The van der Waals surface area contributed by atoms with E-state index in [0.717, 1.165) is 5.03 Å². The van der Waals surface area contributed by atoms with E-state index in [-0.39, 0.29) is 5.69 Å². The van der Waals surface area contributed by atoms with Crippen molar-refractivity contribution < 1.29 is 9.90 Å². The lowest BCUT2D eigenvalue weighted by Gasteiger charge is -1.98. The Balaban J connectivity index is 2.14. The first-order chi connectivity index (χ1) is 7.75. The number of nitrogens with zero attached hydrogens (tertiary/aromatic N) is 4. The fourth-order valence-electron chi connectivity index (χ4n) is 0.935. The number of carbonyl (C=O) groups is 1. The Morgan fingerprint density at radius 1 is 1.19 bits per heavy atom. The third kappa shape index (κ3) is 2.51. The molecule has 16 heavy (non-hydrogen) atoms. The average molecular weight is 234 g/mol. The maximum absolute atomic E-state index is 10.5. The van der Waals surface area contributed by atoms with Gasteiger partial charge in [0.25, 0.3) is 0 Å². The minimum atomic E-state index is -1.09. The van der Waals surface area contributed by atoms with Crippen LogP contribution >= 0.6 is 11.8 Å². The molecule has 0 amide bonds. The van der Waals surface area contributed by atoms with E-state index < -0.39 is 5.97 Å². The molecule has 0 unspecified atom stereocenters. The van der Waals surface area contributed by atoms with E-state index in [2.05, 4.69) is 20.2 Å². The van der Waals surface area contributed by atoms with Gasteiger partial charge in [-0.2, -0.15) is 0 Å². The molecule has 0 saturated heterocycles. The van der Waals surface area contributed by atoms with Crippen LogP contribution in [0.2, 0.25) is 0 Å². The van der Waals surface area contributed by atoms with Crippen molar-refractivity contribution in [3.05, 3.63) is 36.4 Å². The highest BCUT2D eigenvalue weighted by Gasteiger charge is 2.06. The Morgan fingerprint density at radius 3 is 2.62 bits per heavy atom. The molecule has 0 atom stereocenters. The predicted octanol–water partition coefficient (Wildman–Crippen LogP) is 1.12. The third-order valence-corrected chi connectivity index (χ3v) is 2.50. The van der Waals surface area contributed by atoms with Crippen molar-refractivity contribution in [3.8, 4) is 0 Å². The first-order valence-corrected chi connectivity index (χ1v) is 5.08. The quantitative estimate of drug-likeness (QED) is 0.796. The summed E-state index contributed by atoms with van der Waals surface area (Å²) in [5.41, 5.74) is -0.0768. The molecule has 0 saturated carbocycles. The number of hydrogen-bond donors (Lipinski definition) is 1. The SMILES string of the molecule is O=C(O)c1ccc(Sc2ccncn2)nn1. The van der Waals surface area contributed by atoms with E-state index in [0.29, 0.717) is 5.03 Å². The van der Waals surface area contributed by atoms with Gasteiger partial charge in [-0.1, -0.05) is 0 Å². The molecule has 0 aliphatic rings. The van der Waals surface area contributed by atoms with Crippen LogP contribution in [-0.2, 0) is 0 Å². The van der Waals surface area contributed by atoms with Gasteiger partial charge in [-0.15, -0.1) is 10.2 Å². The van der Waals surface area contributed by atoms with Gasteiger partial charge < -0.3 is 5.11 Å². The minimum absolute atomic E-state index is 0.0768. The molecule has 0 aliphatic heterocycles. The fourth-order valence-corrected chi connectivity index (χ4v) is 1.60. The van der Waals surface area contributed by atoms with E-state index in [4.69, 9.17) is 5.11 Å². The lowest BCUT2D eigenvalue weighted by Crippen LogP contribution is -2.01. The van der Waals surface area contributed by atoms with Crippen LogP contribution in [0.15, 0.2) is 40.8 Å². The second kappa shape index (κ2) is 4.67. The Kier molecular flexibility index (Phi) is 3.06. The zero-order valence-electron chi connectivity index (χ0n) is 7.94. The van der Waals surface area contributed by atoms with Gasteiger partial charge in [0.1, 0.15) is 16.4 Å². The maximum Gasteiger partial charge on any atom is 0.356 e. The summed E-state index contributed by atoms with van der Waals surface area (Å²) in [6.45, 7) is 0. The molecule has 0 fully saturated rings. The second-order valence-corrected chi connectivity index (χ2v) is 3.75. The normalized spacial score (nSPS) is 10.0. The minimum Gasteiger partial charge on any atom is -0.476 e. The summed E-state index contributed by atoms with van der Waals surface area (Å²) in [6, 6.07) is 4.72. The van der Waals surface area contributed by atoms with Gasteiger partial charge in [-0.3, -0.25) is 0 Å². The van der Waals surface area contributed by atoms with Crippen molar-refractivity contribution in [2.75, 3.05) is 0 Å². The van der Waals surface area contributed by atoms with Gasteiger partial charge in [0, 0.05) is 6.20 Å². The summed E-state index contributed by atoms with van der Waals surface area (Å²) < 4.78 is 0. The van der Waals surface area contributed by atoms with Gasteiger partial charge in [0.05, 0.1) is 0 Å². The van der Waals surface area contributed by atoms with Crippen LogP contribution in [0.5, 0.6) is 0 Å². The Hall–Kier alpha value is -2.02. The van der Waals surface area contributed by atoms with Crippen LogP contribution in [-0.4, -0.2) is 31.2 Å². The molecule has 0 aromatic carbocycles. The zero-order chi connectivity index (χ0) is 11.4. The van der Waals surface area contributed by atoms with Crippen LogP contribution in [0.3, 0.4) is 0 Å². The largest absolute Gasteiger partial charge is 0.476 e. The van der Waals surface area contributed by atoms with Crippen molar-refractivity contribution in [2.45, 2.75) is 10.1 Å². The fraction of sp³-hybridized carbons (Fsp3) is 0. The molecule has 80 valence electrons. The van der Waals surface area contributed by atoms with Gasteiger partial charge >= 0.3 is 5.97 Å². The number of carboxylic acid groups (broad SMARTS) is 1. The molecular formula is C9H6N4O2S. The summed E-state index contributed by atoms with van der Waals surface area (Å²) in [5, 5.41) is 17.3. The highest BCUT2D eigenvalue weighted by Crippen LogP contribution is 2.22. The van der Waals surface area contributed by atoms with Crippen LogP contribution in [0.25, 0.3) is 0 Å². The second-order valence-electron chi connectivity index (χ2n) is 2.71. The van der Waals surface area contributed by atoms with E-state index in [1.54, 1.807) is 18.3 Å². The Morgan fingerprint density at radius 2 is 2.06 bits per heavy atom.